The van der Waals surface area contributed by atoms with Crippen LogP contribution in [0.5, 0.6) is 0 Å². The third kappa shape index (κ3) is 4.62. The molecule has 20 heavy (non-hydrogen) atoms. The maximum atomic E-state index is 12.1. The molecule has 1 saturated heterocycles. The van der Waals surface area contributed by atoms with Crippen molar-refractivity contribution in [3.63, 3.8) is 0 Å². The topological polar surface area (TPSA) is 33.5 Å². The lowest BCUT2D eigenvalue weighted by molar-refractivity contribution is -0.909. The van der Waals surface area contributed by atoms with Crippen molar-refractivity contribution in [1.29, 1.82) is 0 Å². The Balaban J connectivity index is 1.69. The van der Waals surface area contributed by atoms with Crippen LogP contribution in [0.2, 0.25) is 0 Å². The summed E-state index contributed by atoms with van der Waals surface area (Å²) in [5.41, 5.74) is 0. The maximum absolute atomic E-state index is 12.1. The van der Waals surface area contributed by atoms with Gasteiger partial charge in [0.15, 0.2) is 0 Å². The van der Waals surface area contributed by atoms with Gasteiger partial charge >= 0.3 is 0 Å². The minimum Gasteiger partial charge on any atom is -0.353 e. The Kier molecular flexibility index (Phi) is 6.08. The van der Waals surface area contributed by atoms with Crippen molar-refractivity contribution >= 4 is 5.91 Å². The van der Waals surface area contributed by atoms with E-state index in [0.29, 0.717) is 11.9 Å². The number of rotatable bonds is 5. The van der Waals surface area contributed by atoms with Gasteiger partial charge in [-0.2, -0.15) is 0 Å². The highest BCUT2D eigenvalue weighted by Crippen LogP contribution is 2.17. The summed E-state index contributed by atoms with van der Waals surface area (Å²) in [5, 5.41) is 3.14. The van der Waals surface area contributed by atoms with Gasteiger partial charge in [-0.1, -0.05) is 19.1 Å². The number of nitrogens with one attached hydrogen (secondary N) is 2. The van der Waals surface area contributed by atoms with Crippen LogP contribution in [0.1, 0.15) is 52.4 Å². The monoisotopic (exact) mass is 279 g/mol. The molecule has 2 N–H and O–H groups in total. The summed E-state index contributed by atoms with van der Waals surface area (Å²) < 4.78 is 0. The van der Waals surface area contributed by atoms with Crippen LogP contribution in [-0.4, -0.2) is 31.6 Å². The minimum atomic E-state index is 0.263. The SMILES string of the molecule is CC[C@H](C)NC(=O)C1CC[NH+](C[C@H]2CC=CCC2)CC1. The average molecular weight is 279 g/mol. The molecule has 3 nitrogen and oxygen atoms in total. The van der Waals surface area contributed by atoms with Gasteiger partial charge in [0.25, 0.3) is 0 Å². The van der Waals surface area contributed by atoms with Gasteiger partial charge in [-0.05, 0) is 32.6 Å². The molecule has 0 saturated carbocycles. The predicted molar refractivity (Wildman–Crippen MR) is 82.7 cm³/mol. The van der Waals surface area contributed by atoms with Crippen LogP contribution in [0, 0.1) is 11.8 Å². The van der Waals surface area contributed by atoms with Crippen molar-refractivity contribution in [2.45, 2.75) is 58.4 Å². The number of hydrogen-bond donors (Lipinski definition) is 2. The van der Waals surface area contributed by atoms with Gasteiger partial charge in [-0.25, -0.2) is 0 Å². The van der Waals surface area contributed by atoms with Crippen LogP contribution in [0.3, 0.4) is 0 Å². The molecule has 114 valence electrons. The summed E-state index contributed by atoms with van der Waals surface area (Å²) in [6.45, 7) is 7.88. The molecule has 1 fully saturated rings. The molecule has 3 heteroatoms. The highest BCUT2D eigenvalue weighted by Gasteiger charge is 2.29. The van der Waals surface area contributed by atoms with Crippen molar-refractivity contribution < 1.29 is 9.69 Å². The summed E-state index contributed by atoms with van der Waals surface area (Å²) in [6, 6.07) is 0.321. The van der Waals surface area contributed by atoms with Crippen molar-refractivity contribution in [2.24, 2.45) is 11.8 Å². The average Bonchev–Trinajstić information content (AvgIpc) is 2.49. The second-order valence-corrected chi connectivity index (χ2v) is 6.70. The summed E-state index contributed by atoms with van der Waals surface area (Å²) in [5.74, 6) is 1.43. The molecular formula is C17H31N2O+. The molecule has 0 bridgehead atoms. The number of amides is 1. The number of allylic oxidation sites excluding steroid dienone is 2. The molecule has 0 spiro atoms. The van der Waals surface area contributed by atoms with E-state index in [9.17, 15) is 4.79 Å². The first-order valence-electron chi connectivity index (χ1n) is 8.48. The van der Waals surface area contributed by atoms with E-state index in [-0.39, 0.29) is 5.92 Å². The van der Waals surface area contributed by atoms with E-state index in [4.69, 9.17) is 0 Å². The zero-order valence-corrected chi connectivity index (χ0v) is 13.2. The lowest BCUT2D eigenvalue weighted by Gasteiger charge is -2.32. The highest BCUT2D eigenvalue weighted by molar-refractivity contribution is 5.78. The molecule has 2 rings (SSSR count). The summed E-state index contributed by atoms with van der Waals surface area (Å²) in [7, 11) is 0. The van der Waals surface area contributed by atoms with E-state index in [1.54, 1.807) is 4.90 Å². The Labute approximate surface area is 123 Å². The van der Waals surface area contributed by atoms with Crippen LogP contribution in [0.4, 0.5) is 0 Å². The van der Waals surface area contributed by atoms with Crippen LogP contribution < -0.4 is 10.2 Å². The van der Waals surface area contributed by atoms with Gasteiger partial charge in [-0.3, -0.25) is 4.79 Å². The normalized spacial score (nSPS) is 31.8. The van der Waals surface area contributed by atoms with E-state index in [1.165, 1.54) is 38.9 Å². The zero-order chi connectivity index (χ0) is 14.4. The molecule has 1 aliphatic carbocycles. The molecule has 1 heterocycles. The van der Waals surface area contributed by atoms with E-state index in [0.717, 1.165) is 25.2 Å². The largest absolute Gasteiger partial charge is 0.353 e. The van der Waals surface area contributed by atoms with Crippen LogP contribution in [0.15, 0.2) is 12.2 Å². The van der Waals surface area contributed by atoms with Gasteiger partial charge in [0, 0.05) is 30.7 Å². The summed E-state index contributed by atoms with van der Waals surface area (Å²) in [4.78, 5) is 13.9. The van der Waals surface area contributed by atoms with Crippen LogP contribution in [-0.2, 0) is 4.79 Å². The molecule has 0 aromatic heterocycles. The fraction of sp³-hybridized carbons (Fsp3) is 0.824. The van der Waals surface area contributed by atoms with Crippen molar-refractivity contribution in [3.05, 3.63) is 12.2 Å². The number of hydrogen-bond acceptors (Lipinski definition) is 1. The standard InChI is InChI=1S/C17H30N2O/c1-3-14(2)18-17(20)16-9-11-19(12-10-16)13-15-7-5-4-6-8-15/h4-5,14-16H,3,6-13H2,1-2H3,(H,18,20)/p+1/t14-,15-/m0/s1. The molecule has 0 aromatic rings. The number of quaternary nitrogens is 1. The Bertz CT molecular complexity index is 332. The lowest BCUT2D eigenvalue weighted by atomic mass is 9.91. The van der Waals surface area contributed by atoms with Crippen molar-refractivity contribution in [1.82, 2.24) is 5.32 Å². The van der Waals surface area contributed by atoms with E-state index in [2.05, 4.69) is 31.3 Å². The molecular weight excluding hydrogens is 248 g/mol. The first-order valence-corrected chi connectivity index (χ1v) is 8.48. The van der Waals surface area contributed by atoms with Crippen LogP contribution in [0.25, 0.3) is 0 Å². The second-order valence-electron chi connectivity index (χ2n) is 6.70. The third-order valence-corrected chi connectivity index (χ3v) is 5.02. The first-order chi connectivity index (χ1) is 9.69. The molecule has 1 amide bonds. The van der Waals surface area contributed by atoms with Crippen LogP contribution >= 0.6 is 0 Å². The Hall–Kier alpha value is -0.830. The molecule has 0 radical (unpaired) electrons. The minimum absolute atomic E-state index is 0.263. The van der Waals surface area contributed by atoms with E-state index >= 15 is 0 Å². The quantitative estimate of drug-likeness (QED) is 0.736. The van der Waals surface area contributed by atoms with Crippen molar-refractivity contribution in [3.8, 4) is 0 Å². The van der Waals surface area contributed by atoms with Gasteiger partial charge in [-0.15, -0.1) is 0 Å². The van der Waals surface area contributed by atoms with Gasteiger partial charge in [0.1, 0.15) is 0 Å². The number of carbonyl (C=O) groups is 1. The Morgan fingerprint density at radius 3 is 2.65 bits per heavy atom. The van der Waals surface area contributed by atoms with E-state index in [1.807, 2.05) is 0 Å². The molecule has 2 atom stereocenters. The number of carbonyl (C=O) groups excluding carboxylic acids is 1. The lowest BCUT2D eigenvalue weighted by Crippen LogP contribution is -3.13. The molecule has 0 aromatic carbocycles. The van der Waals surface area contributed by atoms with Gasteiger partial charge in [0.2, 0.25) is 5.91 Å². The number of piperidine rings is 1. The van der Waals surface area contributed by atoms with E-state index < -0.39 is 0 Å². The van der Waals surface area contributed by atoms with Gasteiger partial charge < -0.3 is 10.2 Å². The third-order valence-electron chi connectivity index (χ3n) is 5.02. The smallest absolute Gasteiger partial charge is 0.223 e. The molecule has 0 unspecified atom stereocenters. The fourth-order valence-corrected chi connectivity index (χ4v) is 3.41. The first kappa shape index (κ1) is 15.6. The number of likely N-dealkylation sites (tertiary alicyclic amines) is 1. The molecule has 1 aliphatic heterocycles. The van der Waals surface area contributed by atoms with Crippen molar-refractivity contribution in [2.75, 3.05) is 19.6 Å². The second kappa shape index (κ2) is 7.82. The zero-order valence-electron chi connectivity index (χ0n) is 13.2. The highest BCUT2D eigenvalue weighted by atomic mass is 16.1. The Morgan fingerprint density at radius 2 is 2.05 bits per heavy atom. The summed E-state index contributed by atoms with van der Waals surface area (Å²) in [6.07, 6.45) is 11.7. The predicted octanol–water partition coefficient (Wildman–Crippen LogP) is 1.55. The maximum Gasteiger partial charge on any atom is 0.223 e. The molecule has 2 aliphatic rings. The fourth-order valence-electron chi connectivity index (χ4n) is 3.41. The van der Waals surface area contributed by atoms with Gasteiger partial charge in [0.05, 0.1) is 19.6 Å². The summed E-state index contributed by atoms with van der Waals surface area (Å²) >= 11 is 0. The Morgan fingerprint density at radius 1 is 1.30 bits per heavy atom.